The van der Waals surface area contributed by atoms with Gasteiger partial charge in [0.05, 0.1) is 0 Å². The fraction of sp³-hybridized carbons (Fsp3) is 0.750. The van der Waals surface area contributed by atoms with Crippen LogP contribution in [0.2, 0.25) is 0 Å². The number of ketones is 1. The Hall–Kier alpha value is -0.860. The molecule has 1 aliphatic rings. The molecule has 0 aromatic rings. The Bertz CT molecular complexity index is 174. The Labute approximate surface area is 65.4 Å². The average molecular weight is 156 g/mol. The fourth-order valence-electron chi connectivity index (χ4n) is 1.42. The number of aliphatic carboxylic acids is 1. The number of hydrogen-bond acceptors (Lipinski definition) is 2. The van der Waals surface area contributed by atoms with Gasteiger partial charge in [0.2, 0.25) is 0 Å². The Morgan fingerprint density at radius 1 is 1.36 bits per heavy atom. The molecule has 3 heteroatoms. The van der Waals surface area contributed by atoms with E-state index in [-0.39, 0.29) is 5.78 Å². The molecule has 0 radical (unpaired) electrons. The van der Waals surface area contributed by atoms with Crippen LogP contribution in [0.3, 0.4) is 0 Å². The van der Waals surface area contributed by atoms with E-state index in [0.29, 0.717) is 12.8 Å². The van der Waals surface area contributed by atoms with Gasteiger partial charge in [-0.05, 0) is 12.8 Å². The number of carboxylic acid groups (broad SMARTS) is 1. The molecule has 0 aliphatic heterocycles. The van der Waals surface area contributed by atoms with Crippen molar-refractivity contribution in [1.29, 1.82) is 0 Å². The summed E-state index contributed by atoms with van der Waals surface area (Å²) in [7, 11) is 0. The van der Waals surface area contributed by atoms with Crippen LogP contribution in [0, 0.1) is 5.92 Å². The standard InChI is InChI=1S/C8H12O3/c9-7-5-3-1-2-4-6(7)8(10)11/h6H,1-5H2,(H,10,11). The Morgan fingerprint density at radius 3 is 2.73 bits per heavy atom. The quantitative estimate of drug-likeness (QED) is 0.458. The zero-order valence-electron chi connectivity index (χ0n) is 6.38. The molecular weight excluding hydrogens is 144 g/mol. The molecule has 0 heterocycles. The van der Waals surface area contributed by atoms with E-state index >= 15 is 0 Å². The summed E-state index contributed by atoms with van der Waals surface area (Å²) in [4.78, 5) is 21.6. The molecule has 1 unspecified atom stereocenters. The zero-order chi connectivity index (χ0) is 8.27. The van der Waals surface area contributed by atoms with Gasteiger partial charge in [0.15, 0.2) is 0 Å². The lowest BCUT2D eigenvalue weighted by molar-refractivity contribution is -0.146. The molecule has 0 amide bonds. The molecule has 0 bridgehead atoms. The van der Waals surface area contributed by atoms with Crippen LogP contribution in [-0.4, -0.2) is 16.9 Å². The molecule has 1 aliphatic carbocycles. The van der Waals surface area contributed by atoms with Gasteiger partial charge >= 0.3 is 5.97 Å². The first-order valence-electron chi connectivity index (χ1n) is 3.97. The minimum atomic E-state index is -0.947. The van der Waals surface area contributed by atoms with Gasteiger partial charge < -0.3 is 5.11 Å². The molecule has 1 N–H and O–H groups in total. The molecule has 1 atom stereocenters. The van der Waals surface area contributed by atoms with E-state index in [0.717, 1.165) is 19.3 Å². The third-order valence-electron chi connectivity index (χ3n) is 2.10. The number of carbonyl (C=O) groups excluding carboxylic acids is 1. The Balaban J connectivity index is 2.59. The normalized spacial score (nSPS) is 26.2. The van der Waals surface area contributed by atoms with Crippen molar-refractivity contribution in [2.24, 2.45) is 5.92 Å². The molecule has 1 fully saturated rings. The highest BCUT2D eigenvalue weighted by Crippen LogP contribution is 2.19. The van der Waals surface area contributed by atoms with Gasteiger partial charge in [0, 0.05) is 6.42 Å². The Morgan fingerprint density at radius 2 is 2.09 bits per heavy atom. The smallest absolute Gasteiger partial charge is 0.314 e. The van der Waals surface area contributed by atoms with Crippen LogP contribution in [0.25, 0.3) is 0 Å². The van der Waals surface area contributed by atoms with Crippen LogP contribution in [0.4, 0.5) is 0 Å². The first-order chi connectivity index (χ1) is 5.22. The summed E-state index contributed by atoms with van der Waals surface area (Å²) in [5.41, 5.74) is 0. The lowest BCUT2D eigenvalue weighted by atomic mass is 10.00. The number of rotatable bonds is 1. The average Bonchev–Trinajstić information content (AvgIpc) is 2.13. The minimum Gasteiger partial charge on any atom is -0.481 e. The van der Waals surface area contributed by atoms with Crippen LogP contribution in [0.1, 0.15) is 32.1 Å². The summed E-state index contributed by atoms with van der Waals surface area (Å²) in [5, 5.41) is 8.61. The molecular formula is C8H12O3. The maximum Gasteiger partial charge on any atom is 0.314 e. The second-order valence-corrected chi connectivity index (χ2v) is 2.96. The predicted molar refractivity (Wildman–Crippen MR) is 39.2 cm³/mol. The maximum absolute atomic E-state index is 11.1. The van der Waals surface area contributed by atoms with Gasteiger partial charge in [-0.2, -0.15) is 0 Å². The maximum atomic E-state index is 11.1. The number of carbonyl (C=O) groups is 2. The van der Waals surface area contributed by atoms with Crippen molar-refractivity contribution < 1.29 is 14.7 Å². The molecule has 1 saturated carbocycles. The third kappa shape index (κ3) is 2.03. The van der Waals surface area contributed by atoms with E-state index in [2.05, 4.69) is 0 Å². The number of Topliss-reactive ketones (excluding diaryl/α,β-unsaturated/α-hetero) is 1. The van der Waals surface area contributed by atoms with Crippen molar-refractivity contribution in [3.63, 3.8) is 0 Å². The van der Waals surface area contributed by atoms with E-state index < -0.39 is 11.9 Å². The highest BCUT2D eigenvalue weighted by molar-refractivity contribution is 5.98. The van der Waals surface area contributed by atoms with Crippen LogP contribution >= 0.6 is 0 Å². The van der Waals surface area contributed by atoms with Gasteiger partial charge in [-0.25, -0.2) is 0 Å². The van der Waals surface area contributed by atoms with Crippen LogP contribution in [0.15, 0.2) is 0 Å². The molecule has 3 nitrogen and oxygen atoms in total. The van der Waals surface area contributed by atoms with Crippen molar-refractivity contribution >= 4 is 11.8 Å². The fourth-order valence-corrected chi connectivity index (χ4v) is 1.42. The SMILES string of the molecule is O=C(O)C1CCCCCC1=O. The highest BCUT2D eigenvalue weighted by Gasteiger charge is 2.26. The lowest BCUT2D eigenvalue weighted by Gasteiger charge is -2.04. The van der Waals surface area contributed by atoms with Gasteiger partial charge in [0.25, 0.3) is 0 Å². The van der Waals surface area contributed by atoms with Gasteiger partial charge in [-0.1, -0.05) is 12.8 Å². The minimum absolute atomic E-state index is 0.0880. The molecule has 62 valence electrons. The van der Waals surface area contributed by atoms with Crippen molar-refractivity contribution in [3.8, 4) is 0 Å². The summed E-state index contributed by atoms with van der Waals surface area (Å²) in [5.74, 6) is -1.75. The van der Waals surface area contributed by atoms with Crippen molar-refractivity contribution in [2.45, 2.75) is 32.1 Å². The Kier molecular flexibility index (Phi) is 2.63. The molecule has 0 saturated heterocycles. The van der Waals surface area contributed by atoms with E-state index in [1.54, 1.807) is 0 Å². The number of carboxylic acids is 1. The summed E-state index contributed by atoms with van der Waals surface area (Å²) >= 11 is 0. The monoisotopic (exact) mass is 156 g/mol. The van der Waals surface area contributed by atoms with Crippen LogP contribution in [-0.2, 0) is 9.59 Å². The highest BCUT2D eigenvalue weighted by atomic mass is 16.4. The molecule has 11 heavy (non-hydrogen) atoms. The summed E-state index contributed by atoms with van der Waals surface area (Å²) < 4.78 is 0. The van der Waals surface area contributed by atoms with E-state index in [1.807, 2.05) is 0 Å². The molecule has 1 rings (SSSR count). The van der Waals surface area contributed by atoms with E-state index in [9.17, 15) is 9.59 Å². The van der Waals surface area contributed by atoms with Crippen molar-refractivity contribution in [3.05, 3.63) is 0 Å². The molecule has 0 spiro atoms. The third-order valence-corrected chi connectivity index (χ3v) is 2.10. The lowest BCUT2D eigenvalue weighted by Crippen LogP contribution is -2.21. The largest absolute Gasteiger partial charge is 0.481 e. The second kappa shape index (κ2) is 3.51. The van der Waals surface area contributed by atoms with E-state index in [4.69, 9.17) is 5.11 Å². The zero-order valence-corrected chi connectivity index (χ0v) is 6.38. The first kappa shape index (κ1) is 8.24. The van der Waals surface area contributed by atoms with Gasteiger partial charge in [-0.3, -0.25) is 9.59 Å². The van der Waals surface area contributed by atoms with E-state index in [1.165, 1.54) is 0 Å². The summed E-state index contributed by atoms with van der Waals surface area (Å²) in [6.07, 6.45) is 3.73. The van der Waals surface area contributed by atoms with Crippen LogP contribution in [0.5, 0.6) is 0 Å². The van der Waals surface area contributed by atoms with Gasteiger partial charge in [-0.15, -0.1) is 0 Å². The molecule has 0 aromatic heterocycles. The predicted octanol–water partition coefficient (Wildman–Crippen LogP) is 1.22. The molecule has 0 aromatic carbocycles. The summed E-state index contributed by atoms with van der Waals surface area (Å²) in [6.45, 7) is 0. The van der Waals surface area contributed by atoms with Crippen LogP contribution < -0.4 is 0 Å². The summed E-state index contributed by atoms with van der Waals surface area (Å²) in [6, 6.07) is 0. The second-order valence-electron chi connectivity index (χ2n) is 2.96. The van der Waals surface area contributed by atoms with Gasteiger partial charge in [0.1, 0.15) is 11.7 Å². The first-order valence-corrected chi connectivity index (χ1v) is 3.97. The topological polar surface area (TPSA) is 54.4 Å². The van der Waals surface area contributed by atoms with Crippen molar-refractivity contribution in [2.75, 3.05) is 0 Å². The van der Waals surface area contributed by atoms with Crippen molar-refractivity contribution in [1.82, 2.24) is 0 Å². The number of hydrogen-bond donors (Lipinski definition) is 1.